The first-order valence-electron chi connectivity index (χ1n) is 3.42. The second-order valence-corrected chi connectivity index (χ2v) is 2.84. The van der Waals surface area contributed by atoms with Crippen LogP contribution in [0.15, 0.2) is 30.5 Å². The van der Waals surface area contributed by atoms with Crippen LogP contribution in [-0.2, 0) is 0 Å². The lowest BCUT2D eigenvalue weighted by Crippen LogP contribution is -1.97. The average molecular weight is 165 g/mol. The second-order valence-electron chi connectivity index (χ2n) is 2.40. The largest absolute Gasteiger partial charge is 0.362 e. The number of fused-ring (bicyclic) bond motifs is 1. The number of allylic oxidation sites excluding steroid dienone is 1. The van der Waals surface area contributed by atoms with Crippen LogP contribution in [0.4, 0.5) is 5.69 Å². The number of benzene rings is 1. The van der Waals surface area contributed by atoms with Crippen LogP contribution in [0, 0.1) is 6.42 Å². The Balaban J connectivity index is 2.48. The van der Waals surface area contributed by atoms with Crippen molar-refractivity contribution >= 4 is 17.3 Å². The molecule has 1 aliphatic rings. The summed E-state index contributed by atoms with van der Waals surface area (Å²) in [6.07, 6.45) is 5.90. The highest BCUT2D eigenvalue weighted by atomic mass is 35.5. The normalized spacial score (nSPS) is 13.9. The molecule has 0 atom stereocenters. The molecule has 1 N–H and O–H groups in total. The van der Waals surface area contributed by atoms with Crippen molar-refractivity contribution in [2.24, 2.45) is 0 Å². The number of hydrogen-bond donors (Lipinski definition) is 1. The number of rotatable bonds is 0. The maximum Gasteiger partial charge on any atom is 0.0433 e. The zero-order valence-electron chi connectivity index (χ0n) is 5.84. The molecule has 0 amide bonds. The van der Waals surface area contributed by atoms with Gasteiger partial charge in [-0.2, -0.15) is 0 Å². The van der Waals surface area contributed by atoms with E-state index in [0.29, 0.717) is 0 Å². The number of anilines is 1. The molecule has 0 unspecified atom stereocenters. The fourth-order valence-electron chi connectivity index (χ4n) is 1.09. The lowest BCUT2D eigenvalue weighted by molar-refractivity contribution is 1.42. The standard InChI is InChI=1S/C9H7ClN/c10-8-4-3-7-2-1-5-11-9(7)6-8/h1-6,11H. The highest BCUT2D eigenvalue weighted by Crippen LogP contribution is 2.24. The van der Waals surface area contributed by atoms with Gasteiger partial charge in [-0.3, -0.25) is 0 Å². The summed E-state index contributed by atoms with van der Waals surface area (Å²) in [5.74, 6) is 0. The molecule has 11 heavy (non-hydrogen) atoms. The Morgan fingerprint density at radius 1 is 1.27 bits per heavy atom. The van der Waals surface area contributed by atoms with E-state index in [9.17, 15) is 0 Å². The van der Waals surface area contributed by atoms with Crippen LogP contribution in [0.25, 0.3) is 0 Å². The van der Waals surface area contributed by atoms with E-state index < -0.39 is 0 Å². The highest BCUT2D eigenvalue weighted by Gasteiger charge is 2.03. The third-order valence-corrected chi connectivity index (χ3v) is 1.86. The molecule has 1 aliphatic heterocycles. The van der Waals surface area contributed by atoms with Crippen molar-refractivity contribution in [3.8, 4) is 0 Å². The molecule has 1 heterocycles. The van der Waals surface area contributed by atoms with E-state index in [0.717, 1.165) is 10.7 Å². The minimum absolute atomic E-state index is 0.764. The third-order valence-electron chi connectivity index (χ3n) is 1.63. The minimum Gasteiger partial charge on any atom is -0.362 e. The van der Waals surface area contributed by atoms with Crippen LogP contribution >= 0.6 is 11.6 Å². The Kier molecular flexibility index (Phi) is 1.59. The van der Waals surface area contributed by atoms with Gasteiger partial charge in [0.2, 0.25) is 0 Å². The maximum atomic E-state index is 5.80. The van der Waals surface area contributed by atoms with Crippen molar-refractivity contribution in [2.75, 3.05) is 5.32 Å². The zero-order valence-corrected chi connectivity index (χ0v) is 6.60. The lowest BCUT2D eigenvalue weighted by Gasteiger charge is -2.11. The molecule has 0 spiro atoms. The molecule has 0 fully saturated rings. The van der Waals surface area contributed by atoms with E-state index in [-0.39, 0.29) is 0 Å². The zero-order chi connectivity index (χ0) is 7.68. The fourth-order valence-corrected chi connectivity index (χ4v) is 1.26. The highest BCUT2D eigenvalue weighted by molar-refractivity contribution is 6.30. The summed E-state index contributed by atoms with van der Waals surface area (Å²) in [4.78, 5) is 0. The number of halogens is 1. The molecule has 0 bridgehead atoms. The Morgan fingerprint density at radius 3 is 3.09 bits per heavy atom. The molecule has 0 aliphatic carbocycles. The van der Waals surface area contributed by atoms with Crippen molar-refractivity contribution in [3.63, 3.8) is 0 Å². The van der Waals surface area contributed by atoms with Crippen molar-refractivity contribution in [1.82, 2.24) is 0 Å². The molecule has 1 aromatic carbocycles. The van der Waals surface area contributed by atoms with Crippen LogP contribution in [0.2, 0.25) is 5.02 Å². The summed E-state index contributed by atoms with van der Waals surface area (Å²) >= 11 is 5.80. The average Bonchev–Trinajstić information content (AvgIpc) is 2.04. The smallest absolute Gasteiger partial charge is 0.0433 e. The Labute approximate surface area is 70.7 Å². The lowest BCUT2D eigenvalue weighted by atomic mass is 10.1. The first-order valence-corrected chi connectivity index (χ1v) is 3.80. The van der Waals surface area contributed by atoms with Crippen LogP contribution in [-0.4, -0.2) is 0 Å². The predicted molar refractivity (Wildman–Crippen MR) is 47.6 cm³/mol. The first-order chi connectivity index (χ1) is 5.36. The molecule has 0 aromatic heterocycles. The van der Waals surface area contributed by atoms with E-state index in [1.807, 2.05) is 36.9 Å². The van der Waals surface area contributed by atoms with E-state index in [4.69, 9.17) is 11.6 Å². The molecule has 2 rings (SSSR count). The Hall–Kier alpha value is -0.950. The minimum atomic E-state index is 0.764. The van der Waals surface area contributed by atoms with E-state index >= 15 is 0 Å². The third kappa shape index (κ3) is 1.24. The van der Waals surface area contributed by atoms with Gasteiger partial charge < -0.3 is 5.32 Å². The van der Waals surface area contributed by atoms with Crippen LogP contribution < -0.4 is 5.32 Å². The van der Waals surface area contributed by atoms with Gasteiger partial charge in [0.05, 0.1) is 0 Å². The van der Waals surface area contributed by atoms with Gasteiger partial charge in [0.1, 0.15) is 0 Å². The molecule has 55 valence electrons. The quantitative estimate of drug-likeness (QED) is 0.622. The molecule has 1 aromatic rings. The van der Waals surface area contributed by atoms with E-state index in [1.165, 1.54) is 5.56 Å². The Morgan fingerprint density at radius 2 is 2.18 bits per heavy atom. The summed E-state index contributed by atoms with van der Waals surface area (Å²) in [6.45, 7) is 0. The van der Waals surface area contributed by atoms with E-state index in [2.05, 4.69) is 5.32 Å². The van der Waals surface area contributed by atoms with Crippen LogP contribution in [0.1, 0.15) is 5.56 Å². The summed E-state index contributed by atoms with van der Waals surface area (Å²) in [5, 5.41) is 3.87. The number of nitrogens with one attached hydrogen (secondary N) is 1. The number of hydrogen-bond acceptors (Lipinski definition) is 1. The van der Waals surface area contributed by atoms with Crippen molar-refractivity contribution in [1.29, 1.82) is 0 Å². The molecule has 2 heteroatoms. The molecular formula is C9H7ClN. The van der Waals surface area contributed by atoms with Crippen molar-refractivity contribution in [2.45, 2.75) is 0 Å². The van der Waals surface area contributed by atoms with Gasteiger partial charge in [-0.1, -0.05) is 23.7 Å². The van der Waals surface area contributed by atoms with Crippen LogP contribution in [0.5, 0.6) is 0 Å². The topological polar surface area (TPSA) is 12.0 Å². The van der Waals surface area contributed by atoms with Gasteiger partial charge in [0.15, 0.2) is 0 Å². The molecule has 0 saturated carbocycles. The van der Waals surface area contributed by atoms with Gasteiger partial charge >= 0.3 is 0 Å². The SMILES string of the molecule is Clc1ccc2c(c1)NC=C[CH]2. The fraction of sp³-hybridized carbons (Fsp3) is 0. The van der Waals surface area contributed by atoms with Gasteiger partial charge in [-0.25, -0.2) is 0 Å². The van der Waals surface area contributed by atoms with E-state index in [1.54, 1.807) is 0 Å². The molecule has 1 nitrogen and oxygen atoms in total. The van der Waals surface area contributed by atoms with Gasteiger partial charge in [0.25, 0.3) is 0 Å². The van der Waals surface area contributed by atoms with Crippen molar-refractivity contribution in [3.05, 3.63) is 47.5 Å². The summed E-state index contributed by atoms with van der Waals surface area (Å²) in [7, 11) is 0. The summed E-state index contributed by atoms with van der Waals surface area (Å²) in [5.41, 5.74) is 2.25. The van der Waals surface area contributed by atoms with Crippen LogP contribution in [0.3, 0.4) is 0 Å². The molecular weight excluding hydrogens is 158 g/mol. The monoisotopic (exact) mass is 164 g/mol. The molecule has 1 radical (unpaired) electrons. The van der Waals surface area contributed by atoms with Gasteiger partial charge in [-0.05, 0) is 23.9 Å². The predicted octanol–water partition coefficient (Wildman–Crippen LogP) is 2.83. The maximum absolute atomic E-state index is 5.80. The summed E-state index contributed by atoms with van der Waals surface area (Å²) < 4.78 is 0. The molecule has 0 saturated heterocycles. The van der Waals surface area contributed by atoms with Gasteiger partial charge in [-0.15, -0.1) is 0 Å². The summed E-state index contributed by atoms with van der Waals surface area (Å²) in [6, 6.07) is 5.79. The van der Waals surface area contributed by atoms with Crippen molar-refractivity contribution < 1.29 is 0 Å². The Bertz CT molecular complexity index is 304. The second kappa shape index (κ2) is 2.59. The van der Waals surface area contributed by atoms with Gasteiger partial charge in [0, 0.05) is 17.1 Å². The first kappa shape index (κ1) is 6.74.